The maximum atomic E-state index is 13.4. The maximum absolute atomic E-state index is 13.4. The Morgan fingerprint density at radius 2 is 1.81 bits per heavy atom. The van der Waals surface area contributed by atoms with Crippen LogP contribution in [0.2, 0.25) is 0 Å². The first-order valence-electron chi connectivity index (χ1n) is 5.69. The molecule has 3 nitrogen and oxygen atoms in total. The molecule has 0 fully saturated rings. The van der Waals surface area contributed by atoms with Gasteiger partial charge < -0.3 is 0 Å². The summed E-state index contributed by atoms with van der Waals surface area (Å²) < 4.78 is 64.0. The molecular formula is C13H9F5N2O. The van der Waals surface area contributed by atoms with Crippen LogP contribution in [0.4, 0.5) is 22.0 Å². The van der Waals surface area contributed by atoms with Gasteiger partial charge in [-0.1, -0.05) is 12.6 Å². The van der Waals surface area contributed by atoms with Crippen molar-refractivity contribution in [2.24, 2.45) is 0 Å². The van der Waals surface area contributed by atoms with Crippen LogP contribution in [-0.2, 0) is 5.92 Å². The number of rotatable bonds is 2. The summed E-state index contributed by atoms with van der Waals surface area (Å²) >= 11 is 0. The van der Waals surface area contributed by atoms with Crippen molar-refractivity contribution in [2.45, 2.75) is 19.0 Å². The molecule has 0 aliphatic rings. The maximum Gasteiger partial charge on any atom is 0.458 e. The number of nitrogens with zero attached hydrogens (tertiary/aromatic N) is 1. The fourth-order valence-corrected chi connectivity index (χ4v) is 1.85. The van der Waals surface area contributed by atoms with Crippen LogP contribution in [0.5, 0.6) is 0 Å². The van der Waals surface area contributed by atoms with Gasteiger partial charge in [-0.25, -0.2) is 5.10 Å². The average molecular weight is 304 g/mol. The van der Waals surface area contributed by atoms with E-state index in [0.29, 0.717) is 17.7 Å². The Morgan fingerprint density at radius 1 is 1.19 bits per heavy atom. The van der Waals surface area contributed by atoms with E-state index in [1.54, 1.807) is 0 Å². The Bertz CT molecular complexity index is 776. The van der Waals surface area contributed by atoms with Gasteiger partial charge in [-0.2, -0.15) is 27.1 Å². The summed E-state index contributed by atoms with van der Waals surface area (Å²) in [5, 5.41) is 5.62. The third kappa shape index (κ3) is 2.41. The Hall–Kier alpha value is -2.25. The van der Waals surface area contributed by atoms with E-state index in [2.05, 4.69) is 16.8 Å². The molecule has 1 aromatic heterocycles. The molecule has 0 aliphatic carbocycles. The van der Waals surface area contributed by atoms with Crippen molar-refractivity contribution in [1.29, 1.82) is 0 Å². The van der Waals surface area contributed by atoms with Gasteiger partial charge in [0.15, 0.2) is 0 Å². The highest BCUT2D eigenvalue weighted by Gasteiger charge is 2.58. The lowest BCUT2D eigenvalue weighted by Gasteiger charge is -2.20. The van der Waals surface area contributed by atoms with Crippen molar-refractivity contribution >= 4 is 16.3 Å². The molecule has 1 aromatic carbocycles. The highest BCUT2D eigenvalue weighted by Crippen LogP contribution is 2.44. The van der Waals surface area contributed by atoms with Crippen LogP contribution in [0.25, 0.3) is 16.3 Å². The van der Waals surface area contributed by atoms with E-state index in [1.807, 2.05) is 0 Å². The molecule has 8 heteroatoms. The first-order valence-corrected chi connectivity index (χ1v) is 5.69. The Morgan fingerprint density at radius 3 is 2.33 bits per heavy atom. The van der Waals surface area contributed by atoms with Crippen LogP contribution >= 0.6 is 0 Å². The minimum absolute atomic E-state index is 0.0373. The summed E-state index contributed by atoms with van der Waals surface area (Å²) in [5.74, 6) is -5.02. The number of benzene rings is 1. The average Bonchev–Trinajstić information content (AvgIpc) is 2.37. The van der Waals surface area contributed by atoms with Crippen molar-refractivity contribution in [3.8, 4) is 0 Å². The summed E-state index contributed by atoms with van der Waals surface area (Å²) in [7, 11) is 0. The van der Waals surface area contributed by atoms with Crippen LogP contribution in [0.15, 0.2) is 29.6 Å². The van der Waals surface area contributed by atoms with Crippen LogP contribution in [0.3, 0.4) is 0 Å². The number of allylic oxidation sites excluding steroid dienone is 1. The number of fused-ring (bicyclic) bond motifs is 1. The molecular weight excluding hydrogens is 295 g/mol. The highest BCUT2D eigenvalue weighted by atomic mass is 19.4. The first-order chi connectivity index (χ1) is 9.55. The van der Waals surface area contributed by atoms with Gasteiger partial charge in [-0.05, 0) is 24.6 Å². The van der Waals surface area contributed by atoms with Crippen molar-refractivity contribution in [1.82, 2.24) is 10.2 Å². The molecule has 1 heterocycles. The number of alkyl halides is 5. The lowest BCUT2D eigenvalue weighted by molar-refractivity contribution is -0.289. The molecule has 0 amide bonds. The van der Waals surface area contributed by atoms with E-state index >= 15 is 0 Å². The van der Waals surface area contributed by atoms with Gasteiger partial charge in [0, 0.05) is 10.9 Å². The summed E-state index contributed by atoms with van der Waals surface area (Å²) in [6.07, 6.45) is -5.72. The Balaban J connectivity index is 2.80. The normalized spacial score (nSPS) is 12.7. The number of H-pyrrole nitrogens is 1. The van der Waals surface area contributed by atoms with Crippen molar-refractivity contribution in [3.63, 3.8) is 0 Å². The highest BCUT2D eigenvalue weighted by molar-refractivity contribution is 5.91. The summed E-state index contributed by atoms with van der Waals surface area (Å²) in [6.45, 7) is 5.05. The van der Waals surface area contributed by atoms with Crippen LogP contribution in [-0.4, -0.2) is 16.4 Å². The minimum Gasteiger partial charge on any atom is -0.267 e. The number of hydrogen-bond acceptors (Lipinski definition) is 2. The molecule has 0 bridgehead atoms. The predicted octanol–water partition coefficient (Wildman–Crippen LogP) is 3.61. The Labute approximate surface area is 115 Å². The largest absolute Gasteiger partial charge is 0.458 e. The number of nitrogens with one attached hydrogen (secondary N) is 1. The molecule has 0 aliphatic heterocycles. The summed E-state index contributed by atoms with van der Waals surface area (Å²) in [5.41, 5.74) is -1.55. The quantitative estimate of drug-likeness (QED) is 0.861. The molecule has 0 atom stereocenters. The van der Waals surface area contributed by atoms with E-state index in [-0.39, 0.29) is 16.5 Å². The van der Waals surface area contributed by atoms with Crippen LogP contribution in [0.1, 0.15) is 18.2 Å². The van der Waals surface area contributed by atoms with Gasteiger partial charge in [-0.15, -0.1) is 0 Å². The van der Waals surface area contributed by atoms with Crippen molar-refractivity contribution in [3.05, 3.63) is 46.4 Å². The molecule has 0 spiro atoms. The molecule has 112 valence electrons. The second kappa shape index (κ2) is 4.64. The second-order valence-electron chi connectivity index (χ2n) is 4.51. The van der Waals surface area contributed by atoms with E-state index in [1.165, 1.54) is 6.92 Å². The SMILES string of the molecule is C=C(C)c1n[nH]c(=O)c2ccc(C(F)(F)C(F)(F)F)cc12. The zero-order valence-electron chi connectivity index (χ0n) is 10.7. The molecule has 0 unspecified atom stereocenters. The third-order valence-electron chi connectivity index (χ3n) is 2.91. The molecule has 2 rings (SSSR count). The predicted molar refractivity (Wildman–Crippen MR) is 67.0 cm³/mol. The monoisotopic (exact) mass is 304 g/mol. The van der Waals surface area contributed by atoms with Crippen molar-refractivity contribution in [2.75, 3.05) is 0 Å². The smallest absolute Gasteiger partial charge is 0.267 e. The number of aromatic amines is 1. The van der Waals surface area contributed by atoms with Crippen LogP contribution < -0.4 is 5.56 Å². The van der Waals surface area contributed by atoms with E-state index < -0.39 is 23.2 Å². The molecule has 0 saturated heterocycles. The van der Waals surface area contributed by atoms with Gasteiger partial charge in [0.25, 0.3) is 5.56 Å². The van der Waals surface area contributed by atoms with Gasteiger partial charge in [0.05, 0.1) is 11.1 Å². The van der Waals surface area contributed by atoms with Gasteiger partial charge in [0.2, 0.25) is 0 Å². The number of halogens is 5. The zero-order valence-corrected chi connectivity index (χ0v) is 10.7. The molecule has 0 radical (unpaired) electrons. The van der Waals surface area contributed by atoms with Crippen molar-refractivity contribution < 1.29 is 22.0 Å². The molecule has 2 aromatic rings. The van der Waals surface area contributed by atoms with E-state index in [4.69, 9.17) is 0 Å². The number of aromatic nitrogens is 2. The second-order valence-corrected chi connectivity index (χ2v) is 4.51. The minimum atomic E-state index is -5.72. The molecule has 1 N–H and O–H groups in total. The first kappa shape index (κ1) is 15.1. The van der Waals surface area contributed by atoms with Crippen LogP contribution in [0, 0.1) is 0 Å². The topological polar surface area (TPSA) is 45.8 Å². The fourth-order valence-electron chi connectivity index (χ4n) is 1.85. The zero-order chi connectivity index (χ0) is 16.0. The van der Waals surface area contributed by atoms with Gasteiger partial charge in [0.1, 0.15) is 0 Å². The summed E-state index contributed by atoms with van der Waals surface area (Å²) in [6, 6.07) is 2.11. The summed E-state index contributed by atoms with van der Waals surface area (Å²) in [4.78, 5) is 11.6. The fraction of sp³-hybridized carbons (Fsp3) is 0.231. The number of hydrogen-bond donors (Lipinski definition) is 1. The van der Waals surface area contributed by atoms with Gasteiger partial charge in [-0.3, -0.25) is 4.79 Å². The lowest BCUT2D eigenvalue weighted by Crippen LogP contribution is -2.33. The van der Waals surface area contributed by atoms with Gasteiger partial charge >= 0.3 is 12.1 Å². The lowest BCUT2D eigenvalue weighted by atomic mass is 10.0. The molecule has 21 heavy (non-hydrogen) atoms. The standard InChI is InChI=1S/C13H9F5N2O/c1-6(2)10-9-5-7(12(14,15)13(16,17)18)3-4-8(9)11(21)20-19-10/h3-5H,1H2,2H3,(H,20,21). The van der Waals surface area contributed by atoms with E-state index in [9.17, 15) is 26.7 Å². The Kier molecular flexibility index (Phi) is 3.35. The van der Waals surface area contributed by atoms with E-state index in [0.717, 1.165) is 6.07 Å². The third-order valence-corrected chi connectivity index (χ3v) is 2.91. The molecule has 0 saturated carbocycles.